The summed E-state index contributed by atoms with van der Waals surface area (Å²) < 4.78 is 0. The Kier molecular flexibility index (Phi) is 1.41. The van der Waals surface area contributed by atoms with Crippen molar-refractivity contribution in [2.75, 3.05) is 0 Å². The van der Waals surface area contributed by atoms with Crippen LogP contribution in [0.2, 0.25) is 0 Å². The molecule has 2 heteroatoms. The molecular weight excluding hydrogens is 140 g/mol. The molecule has 0 aromatic rings. The van der Waals surface area contributed by atoms with Crippen LogP contribution in [0.3, 0.4) is 0 Å². The molecule has 0 spiro atoms. The Morgan fingerprint density at radius 1 is 1.36 bits per heavy atom. The van der Waals surface area contributed by atoms with Gasteiger partial charge >= 0.3 is 0 Å². The van der Waals surface area contributed by atoms with Crippen LogP contribution < -0.4 is 0 Å². The van der Waals surface area contributed by atoms with Crippen LogP contribution in [0.15, 0.2) is 12.2 Å². The highest BCUT2D eigenvalue weighted by Crippen LogP contribution is 2.31. The zero-order valence-electron chi connectivity index (χ0n) is 6.25. The fraction of sp³-hybridized carbons (Fsp3) is 0.556. The van der Waals surface area contributed by atoms with Gasteiger partial charge in [0.1, 0.15) is 5.78 Å². The van der Waals surface area contributed by atoms with Crippen molar-refractivity contribution in [1.82, 2.24) is 0 Å². The fourth-order valence-electron chi connectivity index (χ4n) is 1.85. The molecule has 58 valence electrons. The maximum Gasteiger partial charge on any atom is 0.158 e. The molecule has 0 radical (unpaired) electrons. The lowest BCUT2D eigenvalue weighted by Crippen LogP contribution is -2.30. The Labute approximate surface area is 65.3 Å². The second kappa shape index (κ2) is 2.29. The SMILES string of the molecule is O=C1CCC2CC1C=CC2=O. The van der Waals surface area contributed by atoms with Gasteiger partial charge in [0.05, 0.1) is 0 Å². The largest absolute Gasteiger partial charge is 0.299 e. The summed E-state index contributed by atoms with van der Waals surface area (Å²) in [5.74, 6) is 0.743. The number of fused-ring (bicyclic) bond motifs is 2. The Morgan fingerprint density at radius 3 is 3.00 bits per heavy atom. The molecule has 0 amide bonds. The summed E-state index contributed by atoms with van der Waals surface area (Å²) in [6.07, 6.45) is 5.49. The van der Waals surface area contributed by atoms with Gasteiger partial charge in [0.2, 0.25) is 0 Å². The van der Waals surface area contributed by atoms with Crippen molar-refractivity contribution >= 4 is 11.6 Å². The second-order valence-electron chi connectivity index (χ2n) is 3.31. The molecule has 2 rings (SSSR count). The molecule has 2 unspecified atom stereocenters. The van der Waals surface area contributed by atoms with Gasteiger partial charge in [-0.25, -0.2) is 0 Å². The number of rotatable bonds is 0. The van der Waals surface area contributed by atoms with E-state index in [-0.39, 0.29) is 17.6 Å². The van der Waals surface area contributed by atoms with E-state index >= 15 is 0 Å². The van der Waals surface area contributed by atoms with Gasteiger partial charge in [-0.3, -0.25) is 9.59 Å². The number of hydrogen-bond acceptors (Lipinski definition) is 2. The van der Waals surface area contributed by atoms with E-state index in [1.165, 1.54) is 0 Å². The van der Waals surface area contributed by atoms with E-state index in [1.54, 1.807) is 12.2 Å². The number of hydrogen-bond donors (Lipinski definition) is 0. The third-order valence-electron chi connectivity index (χ3n) is 2.59. The Bertz CT molecular complexity index is 240. The predicted molar refractivity (Wildman–Crippen MR) is 40.0 cm³/mol. The molecule has 0 saturated heterocycles. The minimum atomic E-state index is 0.0615. The zero-order chi connectivity index (χ0) is 7.84. The Balaban J connectivity index is 2.28. The number of carbonyl (C=O) groups is 2. The average Bonchev–Trinajstić information content (AvgIpc) is 2.02. The molecule has 2 aliphatic carbocycles. The summed E-state index contributed by atoms with van der Waals surface area (Å²) in [5.41, 5.74) is 0. The molecule has 2 nitrogen and oxygen atoms in total. The van der Waals surface area contributed by atoms with Crippen LogP contribution in [0.5, 0.6) is 0 Å². The first kappa shape index (κ1) is 6.77. The molecule has 0 aliphatic heterocycles. The van der Waals surface area contributed by atoms with Crippen molar-refractivity contribution in [3.8, 4) is 0 Å². The van der Waals surface area contributed by atoms with Gasteiger partial charge in [0.15, 0.2) is 5.78 Å². The summed E-state index contributed by atoms with van der Waals surface area (Å²) in [6, 6.07) is 0. The highest BCUT2D eigenvalue weighted by atomic mass is 16.1. The summed E-state index contributed by atoms with van der Waals surface area (Å²) in [5, 5.41) is 0. The van der Waals surface area contributed by atoms with E-state index < -0.39 is 0 Å². The lowest BCUT2D eigenvalue weighted by atomic mass is 9.75. The van der Waals surface area contributed by atoms with Crippen LogP contribution in [0.25, 0.3) is 0 Å². The van der Waals surface area contributed by atoms with Crippen molar-refractivity contribution in [2.24, 2.45) is 11.8 Å². The quantitative estimate of drug-likeness (QED) is 0.518. The molecule has 0 aromatic heterocycles. The molecule has 0 heterocycles. The molecule has 2 aliphatic rings. The second-order valence-corrected chi connectivity index (χ2v) is 3.31. The summed E-state index contributed by atoms with van der Waals surface area (Å²) in [4.78, 5) is 22.3. The molecule has 2 atom stereocenters. The van der Waals surface area contributed by atoms with Crippen LogP contribution in [0, 0.1) is 11.8 Å². The molecule has 1 saturated carbocycles. The molecule has 1 fully saturated rings. The number of ketones is 2. The van der Waals surface area contributed by atoms with E-state index in [1.807, 2.05) is 0 Å². The van der Waals surface area contributed by atoms with E-state index in [2.05, 4.69) is 0 Å². The normalized spacial score (nSPS) is 36.0. The van der Waals surface area contributed by atoms with Crippen LogP contribution in [-0.2, 0) is 9.59 Å². The van der Waals surface area contributed by atoms with E-state index in [9.17, 15) is 9.59 Å². The Hall–Kier alpha value is -0.920. The van der Waals surface area contributed by atoms with Crippen LogP contribution >= 0.6 is 0 Å². The van der Waals surface area contributed by atoms with E-state index in [4.69, 9.17) is 0 Å². The fourth-order valence-corrected chi connectivity index (χ4v) is 1.85. The number of allylic oxidation sites excluding steroid dienone is 2. The Morgan fingerprint density at radius 2 is 2.18 bits per heavy atom. The van der Waals surface area contributed by atoms with Gasteiger partial charge in [-0.1, -0.05) is 6.08 Å². The van der Waals surface area contributed by atoms with Crippen molar-refractivity contribution in [1.29, 1.82) is 0 Å². The molecular formula is C9H10O2. The smallest absolute Gasteiger partial charge is 0.158 e. The van der Waals surface area contributed by atoms with Crippen molar-refractivity contribution in [3.63, 3.8) is 0 Å². The minimum absolute atomic E-state index is 0.0615. The van der Waals surface area contributed by atoms with Gasteiger partial charge in [-0.05, 0) is 18.9 Å². The molecule has 0 N–H and O–H groups in total. The van der Waals surface area contributed by atoms with E-state index in [0.29, 0.717) is 12.2 Å². The van der Waals surface area contributed by atoms with Gasteiger partial charge < -0.3 is 0 Å². The summed E-state index contributed by atoms with van der Waals surface area (Å²) in [7, 11) is 0. The number of Topliss-reactive ketones (excluding diaryl/α,β-unsaturated/α-hetero) is 1. The van der Waals surface area contributed by atoms with Crippen LogP contribution in [-0.4, -0.2) is 11.6 Å². The van der Waals surface area contributed by atoms with Crippen molar-refractivity contribution in [3.05, 3.63) is 12.2 Å². The van der Waals surface area contributed by atoms with Gasteiger partial charge in [-0.2, -0.15) is 0 Å². The lowest BCUT2D eigenvalue weighted by molar-refractivity contribution is -0.127. The van der Waals surface area contributed by atoms with Crippen molar-refractivity contribution in [2.45, 2.75) is 19.3 Å². The summed E-state index contributed by atoms with van der Waals surface area (Å²) >= 11 is 0. The van der Waals surface area contributed by atoms with Gasteiger partial charge in [0, 0.05) is 18.3 Å². The van der Waals surface area contributed by atoms with Crippen LogP contribution in [0.1, 0.15) is 19.3 Å². The predicted octanol–water partition coefficient (Wildman–Crippen LogP) is 1.11. The first-order valence-corrected chi connectivity index (χ1v) is 4.02. The highest BCUT2D eigenvalue weighted by Gasteiger charge is 2.32. The molecule has 0 aromatic carbocycles. The topological polar surface area (TPSA) is 34.1 Å². The van der Waals surface area contributed by atoms with Gasteiger partial charge in [-0.15, -0.1) is 0 Å². The first-order valence-electron chi connectivity index (χ1n) is 4.02. The number of carbonyl (C=O) groups excluding carboxylic acids is 2. The molecule has 2 bridgehead atoms. The first-order chi connectivity index (χ1) is 5.27. The minimum Gasteiger partial charge on any atom is -0.299 e. The molecule has 11 heavy (non-hydrogen) atoms. The lowest BCUT2D eigenvalue weighted by Gasteiger charge is -2.27. The standard InChI is InChI=1S/C9H10O2/c10-8-3-1-6-5-7(8)2-4-9(6)11/h1,3,6-7H,2,4-5H2. The highest BCUT2D eigenvalue weighted by molar-refractivity contribution is 5.97. The third-order valence-corrected chi connectivity index (χ3v) is 2.59. The van der Waals surface area contributed by atoms with Crippen molar-refractivity contribution < 1.29 is 9.59 Å². The maximum atomic E-state index is 11.1. The third kappa shape index (κ3) is 1.02. The van der Waals surface area contributed by atoms with E-state index in [0.717, 1.165) is 12.8 Å². The summed E-state index contributed by atoms with van der Waals surface area (Å²) in [6.45, 7) is 0. The average molecular weight is 150 g/mol. The maximum absolute atomic E-state index is 11.1. The monoisotopic (exact) mass is 150 g/mol. The van der Waals surface area contributed by atoms with Gasteiger partial charge in [0.25, 0.3) is 0 Å². The zero-order valence-corrected chi connectivity index (χ0v) is 6.25. The van der Waals surface area contributed by atoms with Crippen LogP contribution in [0.4, 0.5) is 0 Å².